The second-order valence-corrected chi connectivity index (χ2v) is 5.07. The lowest BCUT2D eigenvalue weighted by molar-refractivity contribution is 0.0955. The number of hydrogen-bond donors (Lipinski definition) is 1. The van der Waals surface area contributed by atoms with Crippen molar-refractivity contribution in [2.45, 2.75) is 6.92 Å². The first-order valence-electron chi connectivity index (χ1n) is 5.91. The van der Waals surface area contributed by atoms with Gasteiger partial charge in [-0.3, -0.25) is 4.79 Å². The van der Waals surface area contributed by atoms with Crippen LogP contribution in [-0.2, 0) is 0 Å². The van der Waals surface area contributed by atoms with Crippen LogP contribution >= 0.6 is 23.2 Å². The molecule has 0 saturated carbocycles. The summed E-state index contributed by atoms with van der Waals surface area (Å²) in [5.41, 5.74) is 4.77. The van der Waals surface area contributed by atoms with Gasteiger partial charge in [-0.05, 0) is 31.2 Å². The third kappa shape index (κ3) is 3.83. The maximum Gasteiger partial charge on any atom is 0.271 e. The molecule has 0 aliphatic carbocycles. The Balaban J connectivity index is 2.02. The Kier molecular flexibility index (Phi) is 4.77. The molecule has 0 aliphatic heterocycles. The molecule has 0 radical (unpaired) electrons. The molecule has 0 unspecified atom stereocenters. The van der Waals surface area contributed by atoms with Crippen molar-refractivity contribution in [1.29, 1.82) is 0 Å². The average Bonchev–Trinajstić information content (AvgIpc) is 2.42. The van der Waals surface area contributed by atoms with E-state index >= 15 is 0 Å². The van der Waals surface area contributed by atoms with Crippen molar-refractivity contribution >= 4 is 35.3 Å². The topological polar surface area (TPSA) is 41.5 Å². The number of benzene rings is 2. The number of rotatable bonds is 3. The van der Waals surface area contributed by atoms with Crippen molar-refractivity contribution in [2.24, 2.45) is 5.10 Å². The van der Waals surface area contributed by atoms with E-state index in [1.54, 1.807) is 30.3 Å². The molecule has 1 N–H and O–H groups in total. The Hall–Kier alpha value is -1.84. The van der Waals surface area contributed by atoms with Gasteiger partial charge in [-0.25, -0.2) is 5.43 Å². The first-order valence-corrected chi connectivity index (χ1v) is 6.67. The van der Waals surface area contributed by atoms with Crippen molar-refractivity contribution in [2.75, 3.05) is 0 Å². The Bertz CT molecular complexity index is 651. The molecule has 5 heteroatoms. The summed E-state index contributed by atoms with van der Waals surface area (Å²) in [7, 11) is 0. The second-order valence-electron chi connectivity index (χ2n) is 4.23. The molecule has 0 heterocycles. The van der Waals surface area contributed by atoms with E-state index in [1.165, 1.54) is 6.21 Å². The van der Waals surface area contributed by atoms with E-state index in [-0.39, 0.29) is 5.91 Å². The maximum atomic E-state index is 11.8. The molecule has 1 amide bonds. The lowest BCUT2D eigenvalue weighted by Gasteiger charge is -2.01. The highest BCUT2D eigenvalue weighted by atomic mass is 35.5. The van der Waals surface area contributed by atoms with Crippen LogP contribution in [0.5, 0.6) is 0 Å². The molecular formula is C15H12Cl2N2O. The molecule has 0 aromatic heterocycles. The molecule has 2 rings (SSSR count). The molecular weight excluding hydrogens is 295 g/mol. The Morgan fingerprint density at radius 2 is 1.85 bits per heavy atom. The highest BCUT2D eigenvalue weighted by molar-refractivity contribution is 6.36. The minimum absolute atomic E-state index is 0.272. The van der Waals surface area contributed by atoms with Gasteiger partial charge in [0, 0.05) is 16.1 Å². The maximum absolute atomic E-state index is 11.8. The van der Waals surface area contributed by atoms with Crippen LogP contribution in [0.2, 0.25) is 10.0 Å². The highest BCUT2D eigenvalue weighted by Gasteiger charge is 2.03. The number of nitrogens with one attached hydrogen (secondary N) is 1. The fourth-order valence-electron chi connectivity index (χ4n) is 1.54. The largest absolute Gasteiger partial charge is 0.271 e. The quantitative estimate of drug-likeness (QED) is 0.674. The van der Waals surface area contributed by atoms with E-state index in [4.69, 9.17) is 23.2 Å². The zero-order valence-corrected chi connectivity index (χ0v) is 12.2. The normalized spacial score (nSPS) is 10.8. The predicted molar refractivity (Wildman–Crippen MR) is 82.7 cm³/mol. The summed E-state index contributed by atoms with van der Waals surface area (Å²) in [6, 6.07) is 12.3. The van der Waals surface area contributed by atoms with Crippen LogP contribution in [0, 0.1) is 6.92 Å². The van der Waals surface area contributed by atoms with Crippen LogP contribution in [0.15, 0.2) is 47.6 Å². The van der Waals surface area contributed by atoms with Crippen molar-refractivity contribution in [3.63, 3.8) is 0 Å². The highest BCUT2D eigenvalue weighted by Crippen LogP contribution is 2.19. The van der Waals surface area contributed by atoms with E-state index in [1.807, 2.05) is 19.1 Å². The van der Waals surface area contributed by atoms with Gasteiger partial charge < -0.3 is 0 Å². The van der Waals surface area contributed by atoms with Gasteiger partial charge in [0.15, 0.2) is 0 Å². The molecule has 0 fully saturated rings. The van der Waals surface area contributed by atoms with Gasteiger partial charge in [0.1, 0.15) is 0 Å². The molecule has 2 aromatic carbocycles. The number of hydrogen-bond acceptors (Lipinski definition) is 2. The van der Waals surface area contributed by atoms with Crippen LogP contribution in [-0.4, -0.2) is 12.1 Å². The van der Waals surface area contributed by atoms with Crippen LogP contribution in [0.3, 0.4) is 0 Å². The molecule has 20 heavy (non-hydrogen) atoms. The number of amides is 1. The van der Waals surface area contributed by atoms with Crippen LogP contribution in [0.1, 0.15) is 21.5 Å². The fraction of sp³-hybridized carbons (Fsp3) is 0.0667. The molecule has 2 aromatic rings. The Morgan fingerprint density at radius 3 is 2.50 bits per heavy atom. The third-order valence-corrected chi connectivity index (χ3v) is 3.21. The third-order valence-electron chi connectivity index (χ3n) is 2.65. The van der Waals surface area contributed by atoms with E-state index in [9.17, 15) is 4.79 Å². The SMILES string of the molecule is Cc1ccc(C(=O)N/N=C/c2ccc(Cl)cc2Cl)cc1. The van der Waals surface area contributed by atoms with Gasteiger partial charge in [-0.15, -0.1) is 0 Å². The van der Waals surface area contributed by atoms with Crippen LogP contribution in [0.25, 0.3) is 0 Å². The summed E-state index contributed by atoms with van der Waals surface area (Å²) in [5.74, 6) is -0.272. The number of nitrogens with zero attached hydrogens (tertiary/aromatic N) is 1. The van der Waals surface area contributed by atoms with Crippen molar-refractivity contribution in [1.82, 2.24) is 5.43 Å². The monoisotopic (exact) mass is 306 g/mol. The first-order chi connectivity index (χ1) is 9.56. The molecule has 0 spiro atoms. The summed E-state index contributed by atoms with van der Waals surface area (Å²) >= 11 is 11.8. The number of hydrazone groups is 1. The van der Waals surface area contributed by atoms with Gasteiger partial charge in [0.05, 0.1) is 11.2 Å². The lowest BCUT2D eigenvalue weighted by Crippen LogP contribution is -2.17. The minimum Gasteiger partial charge on any atom is -0.267 e. The summed E-state index contributed by atoms with van der Waals surface area (Å²) in [5, 5.41) is 4.91. The van der Waals surface area contributed by atoms with Crippen molar-refractivity contribution in [3.05, 3.63) is 69.2 Å². The minimum atomic E-state index is -0.272. The fourth-order valence-corrected chi connectivity index (χ4v) is 1.99. The molecule has 0 bridgehead atoms. The van der Waals surface area contributed by atoms with E-state index in [2.05, 4.69) is 10.5 Å². The predicted octanol–water partition coefficient (Wildman–Crippen LogP) is 4.07. The Labute approximate surface area is 127 Å². The summed E-state index contributed by atoms with van der Waals surface area (Å²) in [6.45, 7) is 1.96. The van der Waals surface area contributed by atoms with Crippen molar-refractivity contribution in [3.8, 4) is 0 Å². The Morgan fingerprint density at radius 1 is 1.15 bits per heavy atom. The number of halogens is 2. The average molecular weight is 307 g/mol. The first kappa shape index (κ1) is 14.6. The zero-order chi connectivity index (χ0) is 14.5. The van der Waals surface area contributed by atoms with Gasteiger partial charge >= 0.3 is 0 Å². The van der Waals surface area contributed by atoms with Gasteiger partial charge in [0.2, 0.25) is 0 Å². The van der Waals surface area contributed by atoms with Crippen LogP contribution < -0.4 is 5.43 Å². The standard InChI is InChI=1S/C15H12Cl2N2O/c1-10-2-4-11(5-3-10)15(20)19-18-9-12-6-7-13(16)8-14(12)17/h2-9H,1H3,(H,19,20)/b18-9+. The van der Waals surface area contributed by atoms with Crippen molar-refractivity contribution < 1.29 is 4.79 Å². The number of aryl methyl sites for hydroxylation is 1. The lowest BCUT2D eigenvalue weighted by atomic mass is 10.1. The molecule has 0 aliphatic rings. The smallest absolute Gasteiger partial charge is 0.267 e. The van der Waals surface area contributed by atoms with Gasteiger partial charge in [0.25, 0.3) is 5.91 Å². The van der Waals surface area contributed by atoms with Crippen LogP contribution in [0.4, 0.5) is 0 Å². The van der Waals surface area contributed by atoms with Gasteiger partial charge in [-0.2, -0.15) is 5.10 Å². The zero-order valence-electron chi connectivity index (χ0n) is 10.7. The summed E-state index contributed by atoms with van der Waals surface area (Å²) in [4.78, 5) is 11.8. The van der Waals surface area contributed by atoms with E-state index in [0.29, 0.717) is 21.2 Å². The molecule has 0 saturated heterocycles. The van der Waals surface area contributed by atoms with Gasteiger partial charge in [-0.1, -0.05) is 47.0 Å². The number of carbonyl (C=O) groups is 1. The summed E-state index contributed by atoms with van der Waals surface area (Å²) < 4.78 is 0. The van der Waals surface area contributed by atoms with E-state index < -0.39 is 0 Å². The molecule has 3 nitrogen and oxygen atoms in total. The van der Waals surface area contributed by atoms with E-state index in [0.717, 1.165) is 5.56 Å². The second kappa shape index (κ2) is 6.55. The molecule has 0 atom stereocenters. The molecule has 102 valence electrons. The summed E-state index contributed by atoms with van der Waals surface area (Å²) in [6.07, 6.45) is 1.48. The number of carbonyl (C=O) groups excluding carboxylic acids is 1.